The van der Waals surface area contributed by atoms with E-state index in [2.05, 4.69) is 13.8 Å². The quantitative estimate of drug-likeness (QED) is 0.156. The summed E-state index contributed by atoms with van der Waals surface area (Å²) in [7, 11) is 0. The van der Waals surface area contributed by atoms with Crippen LogP contribution in [0.3, 0.4) is 0 Å². The molecule has 2 N–H and O–H groups in total. The first-order chi connectivity index (χ1) is 14.2. The van der Waals surface area contributed by atoms with Gasteiger partial charge in [-0.05, 0) is 25.7 Å². The average Bonchev–Trinajstić information content (AvgIpc) is 2.72. The molecule has 0 aromatic heterocycles. The molecule has 0 saturated carbocycles. The van der Waals surface area contributed by atoms with Gasteiger partial charge in [0.25, 0.3) is 0 Å². The van der Waals surface area contributed by atoms with Crippen LogP contribution in [0.15, 0.2) is 0 Å². The van der Waals surface area contributed by atoms with Crippen LogP contribution in [0, 0.1) is 0 Å². The Labute approximate surface area is 184 Å². The van der Waals surface area contributed by atoms with E-state index in [1.807, 2.05) is 0 Å². The monoisotopic (exact) mass is 412 g/mol. The number of aliphatic hydroxyl groups is 2. The SMILES string of the molecule is CCCCCCCCCCCCCC(O)CCC(O)CCCCCCCCCC. The normalized spacial score (nSPS) is 13.7. The van der Waals surface area contributed by atoms with Crippen molar-refractivity contribution in [2.24, 2.45) is 0 Å². The Morgan fingerprint density at radius 2 is 0.586 bits per heavy atom. The van der Waals surface area contributed by atoms with E-state index in [1.54, 1.807) is 0 Å². The Kier molecular flexibility index (Phi) is 24.1. The Hall–Kier alpha value is -0.0800. The number of unbranched alkanes of at least 4 members (excludes halogenated alkanes) is 17. The van der Waals surface area contributed by atoms with Gasteiger partial charge in [-0.2, -0.15) is 0 Å². The zero-order chi connectivity index (χ0) is 21.4. The van der Waals surface area contributed by atoms with Gasteiger partial charge in [-0.1, -0.05) is 136 Å². The molecule has 0 aliphatic heterocycles. The van der Waals surface area contributed by atoms with Gasteiger partial charge in [0.05, 0.1) is 12.2 Å². The van der Waals surface area contributed by atoms with Gasteiger partial charge >= 0.3 is 0 Å². The van der Waals surface area contributed by atoms with Gasteiger partial charge in [-0.3, -0.25) is 0 Å². The summed E-state index contributed by atoms with van der Waals surface area (Å²) in [5.74, 6) is 0. The number of hydrogen-bond acceptors (Lipinski definition) is 2. The summed E-state index contributed by atoms with van der Waals surface area (Å²) >= 11 is 0. The molecular formula is C27H56O2. The highest BCUT2D eigenvalue weighted by molar-refractivity contribution is 4.63. The van der Waals surface area contributed by atoms with Crippen molar-refractivity contribution in [1.82, 2.24) is 0 Å². The zero-order valence-corrected chi connectivity index (χ0v) is 20.3. The smallest absolute Gasteiger partial charge is 0.0541 e. The van der Waals surface area contributed by atoms with Gasteiger partial charge in [0.2, 0.25) is 0 Å². The Morgan fingerprint density at radius 3 is 0.862 bits per heavy atom. The molecular weight excluding hydrogens is 356 g/mol. The van der Waals surface area contributed by atoms with Crippen molar-refractivity contribution < 1.29 is 10.2 Å². The molecule has 0 aromatic rings. The van der Waals surface area contributed by atoms with Gasteiger partial charge in [-0.15, -0.1) is 0 Å². The first kappa shape index (κ1) is 28.9. The molecule has 0 saturated heterocycles. The van der Waals surface area contributed by atoms with Crippen molar-refractivity contribution >= 4 is 0 Å². The first-order valence-electron chi connectivity index (χ1n) is 13.6. The van der Waals surface area contributed by atoms with E-state index in [9.17, 15) is 10.2 Å². The predicted molar refractivity (Wildman–Crippen MR) is 130 cm³/mol. The highest BCUT2D eigenvalue weighted by atomic mass is 16.3. The highest BCUT2D eigenvalue weighted by Gasteiger charge is 2.09. The Morgan fingerprint density at radius 1 is 0.345 bits per heavy atom. The van der Waals surface area contributed by atoms with Crippen molar-refractivity contribution in [3.05, 3.63) is 0 Å². The minimum absolute atomic E-state index is 0.206. The molecule has 176 valence electrons. The lowest BCUT2D eigenvalue weighted by Gasteiger charge is -2.14. The second kappa shape index (κ2) is 24.2. The lowest BCUT2D eigenvalue weighted by atomic mass is 10.00. The molecule has 2 nitrogen and oxygen atoms in total. The fourth-order valence-corrected chi connectivity index (χ4v) is 4.23. The van der Waals surface area contributed by atoms with Crippen LogP contribution < -0.4 is 0 Å². The van der Waals surface area contributed by atoms with Crippen molar-refractivity contribution in [2.45, 2.75) is 174 Å². The molecule has 2 unspecified atom stereocenters. The molecule has 0 fully saturated rings. The van der Waals surface area contributed by atoms with Crippen molar-refractivity contribution in [3.8, 4) is 0 Å². The van der Waals surface area contributed by atoms with E-state index in [0.29, 0.717) is 0 Å². The van der Waals surface area contributed by atoms with Gasteiger partial charge in [0, 0.05) is 0 Å². The van der Waals surface area contributed by atoms with Gasteiger partial charge in [-0.25, -0.2) is 0 Å². The van der Waals surface area contributed by atoms with Crippen LogP contribution in [0.25, 0.3) is 0 Å². The molecule has 2 heteroatoms. The standard InChI is InChI=1S/C27H56O2/c1-3-5-7-9-11-13-14-15-17-19-21-23-27(29)25-24-26(28)22-20-18-16-12-10-8-6-4-2/h26-29H,3-25H2,1-2H3. The van der Waals surface area contributed by atoms with Crippen LogP contribution in [0.2, 0.25) is 0 Å². The minimum Gasteiger partial charge on any atom is -0.393 e. The molecule has 0 aliphatic carbocycles. The van der Waals surface area contributed by atoms with Gasteiger partial charge in [0.1, 0.15) is 0 Å². The number of rotatable bonds is 24. The fraction of sp³-hybridized carbons (Fsp3) is 1.00. The topological polar surface area (TPSA) is 40.5 Å². The van der Waals surface area contributed by atoms with Crippen LogP contribution in [0.5, 0.6) is 0 Å². The van der Waals surface area contributed by atoms with Gasteiger partial charge in [0.15, 0.2) is 0 Å². The number of aliphatic hydroxyl groups excluding tert-OH is 2. The van der Waals surface area contributed by atoms with Gasteiger partial charge < -0.3 is 10.2 Å². The third-order valence-corrected chi connectivity index (χ3v) is 6.36. The lowest BCUT2D eigenvalue weighted by Crippen LogP contribution is -2.13. The van der Waals surface area contributed by atoms with E-state index in [-0.39, 0.29) is 12.2 Å². The van der Waals surface area contributed by atoms with Crippen molar-refractivity contribution in [1.29, 1.82) is 0 Å². The molecule has 0 aromatic carbocycles. The van der Waals surface area contributed by atoms with Crippen molar-refractivity contribution in [2.75, 3.05) is 0 Å². The van der Waals surface area contributed by atoms with E-state index in [1.165, 1.54) is 109 Å². The summed E-state index contributed by atoms with van der Waals surface area (Å²) in [4.78, 5) is 0. The van der Waals surface area contributed by atoms with E-state index in [4.69, 9.17) is 0 Å². The second-order valence-corrected chi connectivity index (χ2v) is 9.47. The maximum Gasteiger partial charge on any atom is 0.0541 e. The summed E-state index contributed by atoms with van der Waals surface area (Å²) < 4.78 is 0. The molecule has 0 rings (SSSR count). The fourth-order valence-electron chi connectivity index (χ4n) is 4.23. The second-order valence-electron chi connectivity index (χ2n) is 9.47. The third-order valence-electron chi connectivity index (χ3n) is 6.36. The third kappa shape index (κ3) is 24.1. The summed E-state index contributed by atoms with van der Waals surface area (Å²) in [6.45, 7) is 4.54. The van der Waals surface area contributed by atoms with Crippen LogP contribution in [0.4, 0.5) is 0 Å². The summed E-state index contributed by atoms with van der Waals surface area (Å²) in [5, 5.41) is 20.3. The molecule has 0 spiro atoms. The largest absolute Gasteiger partial charge is 0.393 e. The maximum atomic E-state index is 10.1. The van der Waals surface area contributed by atoms with E-state index >= 15 is 0 Å². The number of hydrogen-bond donors (Lipinski definition) is 2. The first-order valence-corrected chi connectivity index (χ1v) is 13.6. The summed E-state index contributed by atoms with van der Waals surface area (Å²) in [6, 6.07) is 0. The molecule has 0 heterocycles. The predicted octanol–water partition coefficient (Wildman–Crippen LogP) is 8.72. The Balaban J connectivity index is 3.28. The molecule has 2 atom stereocenters. The molecule has 0 aliphatic rings. The highest BCUT2D eigenvalue weighted by Crippen LogP contribution is 2.16. The zero-order valence-electron chi connectivity index (χ0n) is 20.3. The minimum atomic E-state index is -0.207. The van der Waals surface area contributed by atoms with E-state index in [0.717, 1.165) is 38.5 Å². The van der Waals surface area contributed by atoms with Crippen LogP contribution in [-0.4, -0.2) is 22.4 Å². The molecule has 0 radical (unpaired) electrons. The van der Waals surface area contributed by atoms with Crippen LogP contribution >= 0.6 is 0 Å². The van der Waals surface area contributed by atoms with Crippen molar-refractivity contribution in [3.63, 3.8) is 0 Å². The average molecular weight is 413 g/mol. The van der Waals surface area contributed by atoms with Crippen LogP contribution in [-0.2, 0) is 0 Å². The van der Waals surface area contributed by atoms with Crippen LogP contribution in [0.1, 0.15) is 162 Å². The maximum absolute atomic E-state index is 10.1. The molecule has 0 bridgehead atoms. The molecule has 0 amide bonds. The van der Waals surface area contributed by atoms with E-state index < -0.39 is 0 Å². The molecule has 29 heavy (non-hydrogen) atoms. The summed E-state index contributed by atoms with van der Waals surface area (Å²) in [5.41, 5.74) is 0. The Bertz CT molecular complexity index is 292. The summed E-state index contributed by atoms with van der Waals surface area (Å²) in [6.07, 6.45) is 28.4. The lowest BCUT2D eigenvalue weighted by molar-refractivity contribution is 0.101.